The zero-order chi connectivity index (χ0) is 17.1. The van der Waals surface area contributed by atoms with Gasteiger partial charge in [-0.1, -0.05) is 12.1 Å². The van der Waals surface area contributed by atoms with Gasteiger partial charge >= 0.3 is 0 Å². The second kappa shape index (κ2) is 7.17. The lowest BCUT2D eigenvalue weighted by atomic mass is 9.95. The summed E-state index contributed by atoms with van der Waals surface area (Å²) in [5.74, 6) is -0.563. The van der Waals surface area contributed by atoms with Crippen LogP contribution in [0.2, 0.25) is 0 Å². The summed E-state index contributed by atoms with van der Waals surface area (Å²) in [6.07, 6.45) is 1.53. The fraction of sp³-hybridized carbons (Fsp3) is 0.529. The van der Waals surface area contributed by atoms with Gasteiger partial charge in [0, 0.05) is 6.54 Å². The van der Waals surface area contributed by atoms with Gasteiger partial charge in [-0.05, 0) is 31.5 Å². The molecule has 2 aliphatic heterocycles. The van der Waals surface area contributed by atoms with E-state index in [4.69, 9.17) is 10.5 Å². The van der Waals surface area contributed by atoms with E-state index in [1.54, 1.807) is 23.1 Å². The number of likely N-dealkylation sites (tertiary alicyclic amines) is 2. The third-order valence-corrected chi connectivity index (χ3v) is 4.52. The quantitative estimate of drug-likeness (QED) is 0.856. The second-order valence-corrected chi connectivity index (χ2v) is 6.45. The van der Waals surface area contributed by atoms with Gasteiger partial charge in [0.15, 0.2) is 11.6 Å². The highest BCUT2D eigenvalue weighted by Gasteiger charge is 2.37. The first-order valence-electron chi connectivity index (χ1n) is 8.23. The SMILES string of the molecule is NC(=O)CN1CCCC(C(=O)N2CC(Oc3ccccc3F)C2)C1. The van der Waals surface area contributed by atoms with Gasteiger partial charge in [0.25, 0.3) is 0 Å². The summed E-state index contributed by atoms with van der Waals surface area (Å²) in [6, 6.07) is 6.27. The van der Waals surface area contributed by atoms with E-state index in [1.165, 1.54) is 6.07 Å². The van der Waals surface area contributed by atoms with E-state index in [2.05, 4.69) is 0 Å². The molecular formula is C17H22FN3O3. The van der Waals surface area contributed by atoms with Crippen molar-refractivity contribution in [2.24, 2.45) is 11.7 Å². The monoisotopic (exact) mass is 335 g/mol. The van der Waals surface area contributed by atoms with Crippen molar-refractivity contribution in [1.29, 1.82) is 0 Å². The predicted octanol–water partition coefficient (Wildman–Crippen LogP) is 0.613. The van der Waals surface area contributed by atoms with Crippen LogP contribution < -0.4 is 10.5 Å². The minimum Gasteiger partial charge on any atom is -0.484 e. The van der Waals surface area contributed by atoms with Crippen LogP contribution in [-0.2, 0) is 9.59 Å². The zero-order valence-electron chi connectivity index (χ0n) is 13.5. The van der Waals surface area contributed by atoms with Crippen LogP contribution in [0.1, 0.15) is 12.8 Å². The molecule has 1 aromatic rings. The third kappa shape index (κ3) is 3.84. The van der Waals surface area contributed by atoms with E-state index >= 15 is 0 Å². The Morgan fingerprint density at radius 3 is 2.71 bits per heavy atom. The Morgan fingerprint density at radius 2 is 2.00 bits per heavy atom. The van der Waals surface area contributed by atoms with Crippen LogP contribution >= 0.6 is 0 Å². The van der Waals surface area contributed by atoms with Gasteiger partial charge in [0.2, 0.25) is 11.8 Å². The summed E-state index contributed by atoms with van der Waals surface area (Å²) < 4.78 is 19.1. The summed E-state index contributed by atoms with van der Waals surface area (Å²) in [4.78, 5) is 27.2. The Bertz CT molecular complexity index is 619. The van der Waals surface area contributed by atoms with E-state index in [0.29, 0.717) is 19.6 Å². The molecule has 2 heterocycles. The number of halogens is 1. The number of benzene rings is 1. The molecule has 130 valence electrons. The van der Waals surface area contributed by atoms with Crippen molar-refractivity contribution < 1.29 is 18.7 Å². The lowest BCUT2D eigenvalue weighted by molar-refractivity contribution is -0.146. The van der Waals surface area contributed by atoms with Crippen LogP contribution in [0, 0.1) is 11.7 Å². The Labute approximate surface area is 140 Å². The molecule has 2 saturated heterocycles. The van der Waals surface area contributed by atoms with Crippen molar-refractivity contribution in [3.63, 3.8) is 0 Å². The maximum atomic E-state index is 13.6. The third-order valence-electron chi connectivity index (χ3n) is 4.52. The van der Waals surface area contributed by atoms with Gasteiger partial charge < -0.3 is 15.4 Å². The number of carbonyl (C=O) groups excluding carboxylic acids is 2. The van der Waals surface area contributed by atoms with Crippen molar-refractivity contribution in [2.75, 3.05) is 32.7 Å². The smallest absolute Gasteiger partial charge is 0.231 e. The van der Waals surface area contributed by atoms with Crippen LogP contribution in [0.5, 0.6) is 5.75 Å². The molecule has 1 unspecified atom stereocenters. The lowest BCUT2D eigenvalue weighted by Crippen LogP contribution is -2.59. The largest absolute Gasteiger partial charge is 0.484 e. The molecule has 0 radical (unpaired) electrons. The molecule has 2 aliphatic rings. The number of carbonyl (C=O) groups is 2. The highest BCUT2D eigenvalue weighted by molar-refractivity contribution is 5.80. The summed E-state index contributed by atoms with van der Waals surface area (Å²) >= 11 is 0. The first-order valence-corrected chi connectivity index (χ1v) is 8.23. The lowest BCUT2D eigenvalue weighted by Gasteiger charge is -2.42. The van der Waals surface area contributed by atoms with E-state index in [1.807, 2.05) is 4.90 Å². The van der Waals surface area contributed by atoms with Crippen molar-refractivity contribution in [2.45, 2.75) is 18.9 Å². The standard InChI is InChI=1S/C17H22FN3O3/c18-14-5-1-2-6-15(14)24-13-9-21(10-13)17(23)12-4-3-7-20(8-12)11-16(19)22/h1-2,5-6,12-13H,3-4,7-11H2,(H2,19,22). The van der Waals surface area contributed by atoms with Crippen LogP contribution in [0.4, 0.5) is 4.39 Å². The normalized spacial score (nSPS) is 22.0. The molecule has 6 nitrogen and oxygen atoms in total. The number of nitrogens with zero attached hydrogens (tertiary/aromatic N) is 2. The highest BCUT2D eigenvalue weighted by Crippen LogP contribution is 2.25. The second-order valence-electron chi connectivity index (χ2n) is 6.45. The minimum absolute atomic E-state index is 0.0811. The molecule has 0 aromatic heterocycles. The first kappa shape index (κ1) is 16.7. The van der Waals surface area contributed by atoms with Crippen LogP contribution in [0.3, 0.4) is 0 Å². The number of para-hydroxylation sites is 1. The Morgan fingerprint density at radius 1 is 1.25 bits per heavy atom. The van der Waals surface area contributed by atoms with Crippen LogP contribution in [0.15, 0.2) is 24.3 Å². The van der Waals surface area contributed by atoms with Gasteiger partial charge in [0.05, 0.1) is 25.6 Å². The number of primary amides is 1. The summed E-state index contributed by atoms with van der Waals surface area (Å²) in [5.41, 5.74) is 5.22. The minimum atomic E-state index is -0.392. The number of hydrogen-bond donors (Lipinski definition) is 1. The average molecular weight is 335 g/mol. The van der Waals surface area contributed by atoms with Gasteiger partial charge in [-0.2, -0.15) is 0 Å². The molecule has 2 fully saturated rings. The molecule has 0 aliphatic carbocycles. The molecular weight excluding hydrogens is 313 g/mol. The average Bonchev–Trinajstić information content (AvgIpc) is 2.51. The number of piperidine rings is 1. The highest BCUT2D eigenvalue weighted by atomic mass is 19.1. The molecule has 2 amide bonds. The Balaban J connectivity index is 1.48. The van der Waals surface area contributed by atoms with E-state index in [9.17, 15) is 14.0 Å². The number of ether oxygens (including phenoxy) is 1. The molecule has 0 spiro atoms. The fourth-order valence-electron chi connectivity index (χ4n) is 3.29. The number of rotatable bonds is 5. The van der Waals surface area contributed by atoms with Crippen LogP contribution in [-0.4, -0.2) is 60.4 Å². The molecule has 3 rings (SSSR count). The van der Waals surface area contributed by atoms with Gasteiger partial charge in [0.1, 0.15) is 6.10 Å². The Kier molecular flexibility index (Phi) is 4.99. The van der Waals surface area contributed by atoms with Crippen molar-refractivity contribution in [3.8, 4) is 5.75 Å². The Hall–Kier alpha value is -2.15. The number of nitrogens with two attached hydrogens (primary N) is 1. The van der Waals surface area contributed by atoms with E-state index in [0.717, 1.165) is 19.4 Å². The molecule has 7 heteroatoms. The fourth-order valence-corrected chi connectivity index (χ4v) is 3.29. The van der Waals surface area contributed by atoms with Gasteiger partial charge in [-0.25, -0.2) is 4.39 Å². The maximum Gasteiger partial charge on any atom is 0.231 e. The topological polar surface area (TPSA) is 75.9 Å². The predicted molar refractivity (Wildman–Crippen MR) is 85.8 cm³/mol. The number of hydrogen-bond acceptors (Lipinski definition) is 4. The van der Waals surface area contributed by atoms with Crippen molar-refractivity contribution in [1.82, 2.24) is 9.80 Å². The summed E-state index contributed by atoms with van der Waals surface area (Å²) in [5, 5.41) is 0. The van der Waals surface area contributed by atoms with Crippen molar-refractivity contribution in [3.05, 3.63) is 30.1 Å². The first-order chi connectivity index (χ1) is 11.5. The molecule has 1 atom stereocenters. The number of amides is 2. The van der Waals surface area contributed by atoms with Crippen LogP contribution in [0.25, 0.3) is 0 Å². The summed E-state index contributed by atoms with van der Waals surface area (Å²) in [7, 11) is 0. The molecule has 2 N–H and O–H groups in total. The van der Waals surface area contributed by atoms with Gasteiger partial charge in [-0.15, -0.1) is 0 Å². The summed E-state index contributed by atoms with van der Waals surface area (Å²) in [6.45, 7) is 2.50. The zero-order valence-corrected chi connectivity index (χ0v) is 13.5. The maximum absolute atomic E-state index is 13.6. The molecule has 0 saturated carbocycles. The van der Waals surface area contributed by atoms with Crippen molar-refractivity contribution >= 4 is 11.8 Å². The molecule has 1 aromatic carbocycles. The molecule has 24 heavy (non-hydrogen) atoms. The molecule has 0 bridgehead atoms. The van der Waals surface area contributed by atoms with Gasteiger partial charge in [-0.3, -0.25) is 14.5 Å². The van der Waals surface area contributed by atoms with E-state index < -0.39 is 5.82 Å². The van der Waals surface area contributed by atoms with E-state index in [-0.39, 0.29) is 36.1 Å².